The number of amides is 1. The van der Waals surface area contributed by atoms with Crippen LogP contribution in [0.1, 0.15) is 12.8 Å². The molecule has 0 bridgehead atoms. The van der Waals surface area contributed by atoms with Crippen LogP contribution in [0.25, 0.3) is 22.6 Å². The highest BCUT2D eigenvalue weighted by Crippen LogP contribution is 2.30. The van der Waals surface area contributed by atoms with Gasteiger partial charge in [0.1, 0.15) is 11.6 Å². The minimum Gasteiger partial charge on any atom is -0.449 e. The molecule has 1 aromatic heterocycles. The molecule has 0 saturated carbocycles. The van der Waals surface area contributed by atoms with Gasteiger partial charge < -0.3 is 14.6 Å². The summed E-state index contributed by atoms with van der Waals surface area (Å²) >= 11 is 9.31. The highest BCUT2D eigenvalue weighted by Gasteiger charge is 2.20. The van der Waals surface area contributed by atoms with Gasteiger partial charge in [-0.25, -0.2) is 22.6 Å². The molecule has 0 radical (unpaired) electrons. The van der Waals surface area contributed by atoms with E-state index < -0.39 is 21.7 Å². The Morgan fingerprint density at radius 2 is 1.91 bits per heavy atom. The molecule has 0 aliphatic rings. The fourth-order valence-corrected chi connectivity index (χ4v) is 5.15. The van der Waals surface area contributed by atoms with Crippen LogP contribution < -0.4 is 0 Å². The summed E-state index contributed by atoms with van der Waals surface area (Å²) in [4.78, 5) is 20.1. The molecule has 7 nitrogen and oxygen atoms in total. The van der Waals surface area contributed by atoms with Gasteiger partial charge in [-0.3, -0.25) is 0 Å². The molecule has 176 valence electrons. The third-order valence-electron chi connectivity index (χ3n) is 4.74. The minimum atomic E-state index is -3.67. The Balaban J connectivity index is 1.73. The molecule has 33 heavy (non-hydrogen) atoms. The van der Waals surface area contributed by atoms with E-state index in [2.05, 4.69) is 25.9 Å². The molecular weight excluding hydrogens is 537 g/mol. The van der Waals surface area contributed by atoms with Crippen molar-refractivity contribution in [3.8, 4) is 22.6 Å². The number of nitrogens with zero attached hydrogens (tertiary/aromatic N) is 2. The van der Waals surface area contributed by atoms with Gasteiger partial charge in [0, 0.05) is 25.2 Å². The zero-order valence-electron chi connectivity index (χ0n) is 17.9. The third-order valence-corrected chi connectivity index (χ3v) is 7.66. The zero-order chi connectivity index (χ0) is 24.2. The van der Waals surface area contributed by atoms with Crippen LogP contribution in [0.4, 0.5) is 9.18 Å². The summed E-state index contributed by atoms with van der Waals surface area (Å²) in [5, 5.41) is 0.111. The van der Waals surface area contributed by atoms with E-state index in [9.17, 15) is 17.6 Å². The lowest BCUT2D eigenvalue weighted by Gasteiger charge is -2.11. The Morgan fingerprint density at radius 3 is 2.61 bits per heavy atom. The number of sulfone groups is 1. The van der Waals surface area contributed by atoms with Crippen molar-refractivity contribution in [2.24, 2.45) is 0 Å². The van der Waals surface area contributed by atoms with E-state index in [0.717, 1.165) is 0 Å². The summed E-state index contributed by atoms with van der Waals surface area (Å²) < 4.78 is 44.9. The second-order valence-electron chi connectivity index (χ2n) is 7.45. The molecule has 3 rings (SSSR count). The fraction of sp³-hybridized carbons (Fsp3) is 0.273. The Labute approximate surface area is 205 Å². The number of aromatic amines is 1. The van der Waals surface area contributed by atoms with Crippen LogP contribution in [0.3, 0.4) is 0 Å². The van der Waals surface area contributed by atoms with Crippen molar-refractivity contribution >= 4 is 43.5 Å². The average molecular weight is 559 g/mol. The Hall–Kier alpha value is -2.43. The number of aromatic nitrogens is 2. The van der Waals surface area contributed by atoms with Crippen molar-refractivity contribution in [1.82, 2.24) is 14.9 Å². The molecular formula is C22H22BrClFN3O4S. The van der Waals surface area contributed by atoms with Gasteiger partial charge in [0.05, 0.1) is 38.6 Å². The lowest BCUT2D eigenvalue weighted by Crippen LogP contribution is -2.23. The van der Waals surface area contributed by atoms with E-state index in [4.69, 9.17) is 16.3 Å². The van der Waals surface area contributed by atoms with Gasteiger partial charge in [-0.05, 0) is 59.1 Å². The van der Waals surface area contributed by atoms with Gasteiger partial charge in [0.2, 0.25) is 0 Å². The number of nitrogens with one attached hydrogen (secondary N) is 1. The summed E-state index contributed by atoms with van der Waals surface area (Å²) in [5.41, 5.74) is 1.72. The number of ether oxygens (including phenoxy) is 1. The molecule has 0 unspecified atom stereocenters. The maximum Gasteiger partial charge on any atom is 0.409 e. The number of rotatable bonds is 8. The third kappa shape index (κ3) is 6.33. The normalized spacial score (nSPS) is 11.4. The van der Waals surface area contributed by atoms with Crippen molar-refractivity contribution in [3.63, 3.8) is 0 Å². The van der Waals surface area contributed by atoms with E-state index in [0.29, 0.717) is 40.0 Å². The molecule has 0 atom stereocenters. The van der Waals surface area contributed by atoms with Crippen molar-refractivity contribution in [2.45, 2.75) is 17.7 Å². The van der Waals surface area contributed by atoms with Crippen molar-refractivity contribution in [2.75, 3.05) is 26.5 Å². The number of carbonyl (C=O) groups is 1. The van der Waals surface area contributed by atoms with Crippen LogP contribution in [0.2, 0.25) is 5.02 Å². The van der Waals surface area contributed by atoms with E-state index >= 15 is 0 Å². The molecule has 0 aliphatic carbocycles. The van der Waals surface area contributed by atoms with Crippen LogP contribution in [0.15, 0.2) is 52.0 Å². The smallest absolute Gasteiger partial charge is 0.409 e. The largest absolute Gasteiger partial charge is 0.449 e. The molecule has 3 aromatic rings. The van der Waals surface area contributed by atoms with Gasteiger partial charge >= 0.3 is 6.09 Å². The summed E-state index contributed by atoms with van der Waals surface area (Å²) in [6, 6.07) is 9.33. The molecule has 0 aliphatic heterocycles. The van der Waals surface area contributed by atoms with Gasteiger partial charge in [0.25, 0.3) is 0 Å². The number of carbonyl (C=O) groups excluding carboxylic acids is 1. The van der Waals surface area contributed by atoms with Gasteiger partial charge in [-0.2, -0.15) is 0 Å². The second-order valence-corrected chi connectivity index (χ2v) is 10.8. The highest BCUT2D eigenvalue weighted by atomic mass is 79.9. The SMILES string of the molecule is CN(C)C(=O)OCCCCS(=O)(=O)c1cc(-c2ncc(-c3ccc(Br)c(F)c3)[nH]2)ccc1Cl. The number of H-pyrrole nitrogens is 1. The first kappa shape index (κ1) is 25.2. The summed E-state index contributed by atoms with van der Waals surface area (Å²) in [5.74, 6) is -0.117. The molecule has 1 amide bonds. The summed E-state index contributed by atoms with van der Waals surface area (Å²) in [7, 11) is -0.533. The minimum absolute atomic E-state index is 0.000380. The molecule has 11 heteroatoms. The highest BCUT2D eigenvalue weighted by molar-refractivity contribution is 9.10. The Morgan fingerprint density at radius 1 is 1.18 bits per heavy atom. The monoisotopic (exact) mass is 557 g/mol. The van der Waals surface area contributed by atoms with Crippen LogP contribution in [0.5, 0.6) is 0 Å². The van der Waals surface area contributed by atoms with E-state index in [1.165, 1.54) is 23.1 Å². The summed E-state index contributed by atoms with van der Waals surface area (Å²) in [6.45, 7) is 0.131. The van der Waals surface area contributed by atoms with E-state index in [-0.39, 0.29) is 22.3 Å². The molecule has 2 aromatic carbocycles. The first-order valence-corrected chi connectivity index (χ1v) is 12.8. The first-order valence-electron chi connectivity index (χ1n) is 9.95. The van der Waals surface area contributed by atoms with Crippen molar-refractivity contribution in [3.05, 3.63) is 57.9 Å². The number of benzene rings is 2. The Kier molecular flexibility index (Phi) is 8.14. The van der Waals surface area contributed by atoms with Crippen molar-refractivity contribution in [1.29, 1.82) is 0 Å². The van der Waals surface area contributed by atoms with Crippen LogP contribution in [-0.2, 0) is 14.6 Å². The Bertz CT molecular complexity index is 1260. The predicted molar refractivity (Wildman–Crippen MR) is 128 cm³/mol. The number of halogens is 3. The van der Waals surface area contributed by atoms with Gasteiger partial charge in [0.15, 0.2) is 9.84 Å². The molecule has 1 N–H and O–H groups in total. The zero-order valence-corrected chi connectivity index (χ0v) is 21.1. The van der Waals surface area contributed by atoms with E-state index in [1.807, 2.05) is 0 Å². The molecule has 1 heterocycles. The van der Waals surface area contributed by atoms with Crippen LogP contribution in [-0.4, -0.2) is 55.8 Å². The van der Waals surface area contributed by atoms with Crippen LogP contribution >= 0.6 is 27.5 Å². The maximum absolute atomic E-state index is 13.9. The lowest BCUT2D eigenvalue weighted by molar-refractivity contribution is 0.117. The van der Waals surface area contributed by atoms with Crippen LogP contribution in [0, 0.1) is 5.82 Å². The number of imidazole rings is 1. The number of hydrogen-bond acceptors (Lipinski definition) is 5. The number of unbranched alkanes of at least 4 members (excludes halogenated alkanes) is 1. The van der Waals surface area contributed by atoms with E-state index in [1.54, 1.807) is 38.5 Å². The van der Waals surface area contributed by atoms with Gasteiger partial charge in [-0.15, -0.1) is 0 Å². The fourth-order valence-electron chi connectivity index (χ4n) is 2.96. The van der Waals surface area contributed by atoms with Crippen molar-refractivity contribution < 1.29 is 22.3 Å². The standard InChI is InChI=1S/C22H22BrClFN3O4S/c1-28(2)22(29)32-9-3-4-10-33(30,31)20-12-15(6-8-17(20)24)21-26-13-19(27-21)14-5-7-16(23)18(25)11-14/h5-8,11-13H,3-4,9-10H2,1-2H3,(H,26,27). The molecule has 0 spiro atoms. The quantitative estimate of drug-likeness (QED) is 0.366. The first-order chi connectivity index (χ1) is 15.6. The molecule has 0 saturated heterocycles. The predicted octanol–water partition coefficient (Wildman–Crippen LogP) is 5.55. The molecule has 0 fully saturated rings. The topological polar surface area (TPSA) is 92.4 Å². The maximum atomic E-state index is 13.9. The second kappa shape index (κ2) is 10.7. The lowest BCUT2D eigenvalue weighted by atomic mass is 10.2. The number of hydrogen-bond donors (Lipinski definition) is 1. The van der Waals surface area contributed by atoms with Gasteiger partial charge in [-0.1, -0.05) is 17.7 Å². The summed E-state index contributed by atoms with van der Waals surface area (Å²) in [6.07, 6.45) is 1.79. The average Bonchev–Trinajstić information content (AvgIpc) is 3.25.